The molecule has 2 heteroatoms. The second-order valence-electron chi connectivity index (χ2n) is 16.9. The normalized spacial score (nSPS) is 10.9. The highest BCUT2D eigenvalue weighted by molar-refractivity contribution is 5.96. The Morgan fingerprint density at radius 1 is 0.132 bits per heavy atom. The van der Waals surface area contributed by atoms with Crippen molar-refractivity contribution < 1.29 is 0 Å². The average molecular weight is 869 g/mol. The van der Waals surface area contributed by atoms with E-state index in [1.54, 1.807) is 0 Å². The van der Waals surface area contributed by atoms with E-state index in [1.807, 2.05) is 0 Å². The molecular weight excluding hydrogens is 821 g/mol. The molecule has 0 saturated carbocycles. The van der Waals surface area contributed by atoms with Crippen molar-refractivity contribution in [2.24, 2.45) is 0 Å². The van der Waals surface area contributed by atoms with Gasteiger partial charge >= 0.3 is 0 Å². The van der Waals surface area contributed by atoms with Gasteiger partial charge in [0.1, 0.15) is 0 Å². The van der Waals surface area contributed by atoms with Crippen LogP contribution in [-0.2, 0) is 0 Å². The van der Waals surface area contributed by atoms with Crippen molar-refractivity contribution in [1.29, 1.82) is 0 Å². The lowest BCUT2D eigenvalue weighted by Crippen LogP contribution is -2.09. The van der Waals surface area contributed by atoms with Gasteiger partial charge in [-0.05, 0) is 140 Å². The molecule has 0 saturated heterocycles. The Morgan fingerprint density at radius 2 is 0.324 bits per heavy atom. The highest BCUT2D eigenvalue weighted by atomic mass is 15.1. The first-order chi connectivity index (χ1) is 33.7. The van der Waals surface area contributed by atoms with Crippen LogP contribution < -0.4 is 9.80 Å². The predicted octanol–water partition coefficient (Wildman–Crippen LogP) is 18.6. The van der Waals surface area contributed by atoms with Crippen molar-refractivity contribution in [2.75, 3.05) is 9.80 Å². The minimum atomic E-state index is 1.10. The number of nitrogens with zero attached hydrogens (tertiary/aromatic N) is 2. The topological polar surface area (TPSA) is 6.48 Å². The van der Waals surface area contributed by atoms with Crippen LogP contribution in [0.15, 0.2) is 291 Å². The van der Waals surface area contributed by atoms with E-state index in [9.17, 15) is 0 Å². The van der Waals surface area contributed by atoms with Gasteiger partial charge in [-0.1, -0.05) is 218 Å². The number of hydrogen-bond acceptors (Lipinski definition) is 2. The standard InChI is InChI=1S/C66H48N2/c1-5-19-49(20-6-1)51-33-41-57(42-34-51)67(55-23-9-3-10-24-55)59-45-37-53(38-46-59)61-27-13-15-29-63(61)65-31-17-18-32-66(65)64-30-16-14-28-62(64)54-39-47-60(48-40-54)68(56-25-11-4-12-26-56)58-43-35-52(36-44-58)50-21-7-2-8-22-50/h1-48H. The Labute approximate surface area is 400 Å². The Kier molecular flexibility index (Phi) is 11.8. The Hall–Kier alpha value is -8.98. The number of rotatable bonds is 12. The van der Waals surface area contributed by atoms with Gasteiger partial charge in [-0.25, -0.2) is 0 Å². The van der Waals surface area contributed by atoms with E-state index in [0.717, 1.165) is 45.3 Å². The second kappa shape index (κ2) is 19.2. The van der Waals surface area contributed by atoms with Crippen molar-refractivity contribution >= 4 is 34.1 Å². The lowest BCUT2D eigenvalue weighted by molar-refractivity contribution is 1.28. The monoisotopic (exact) mass is 868 g/mol. The summed E-state index contributed by atoms with van der Waals surface area (Å²) in [5.74, 6) is 0. The molecule has 0 unspecified atom stereocenters. The number of benzene rings is 11. The molecule has 0 radical (unpaired) electrons. The lowest BCUT2D eigenvalue weighted by Gasteiger charge is -2.26. The van der Waals surface area contributed by atoms with Crippen LogP contribution >= 0.6 is 0 Å². The molecule has 0 atom stereocenters. The predicted molar refractivity (Wildman–Crippen MR) is 288 cm³/mol. The Bertz CT molecular complexity index is 3150. The summed E-state index contributed by atoms with van der Waals surface area (Å²) in [4.78, 5) is 4.65. The van der Waals surface area contributed by atoms with E-state index < -0.39 is 0 Å². The maximum absolute atomic E-state index is 2.33. The first-order valence-corrected chi connectivity index (χ1v) is 23.3. The van der Waals surface area contributed by atoms with E-state index in [4.69, 9.17) is 0 Å². The third-order valence-corrected chi connectivity index (χ3v) is 12.7. The van der Waals surface area contributed by atoms with Gasteiger partial charge in [-0.3, -0.25) is 0 Å². The maximum Gasteiger partial charge on any atom is 0.0462 e. The van der Waals surface area contributed by atoms with Crippen molar-refractivity contribution in [2.45, 2.75) is 0 Å². The number of para-hydroxylation sites is 2. The van der Waals surface area contributed by atoms with E-state index >= 15 is 0 Å². The van der Waals surface area contributed by atoms with Crippen LogP contribution in [-0.4, -0.2) is 0 Å². The van der Waals surface area contributed by atoms with Gasteiger partial charge in [0, 0.05) is 34.1 Å². The molecule has 0 bridgehead atoms. The molecular formula is C66H48N2. The fraction of sp³-hybridized carbons (Fsp3) is 0. The van der Waals surface area contributed by atoms with Gasteiger partial charge in [0.2, 0.25) is 0 Å². The van der Waals surface area contributed by atoms with E-state index in [-0.39, 0.29) is 0 Å². The van der Waals surface area contributed by atoms with Crippen LogP contribution in [0.2, 0.25) is 0 Å². The Balaban J connectivity index is 0.914. The van der Waals surface area contributed by atoms with E-state index in [2.05, 4.69) is 301 Å². The summed E-state index contributed by atoms with van der Waals surface area (Å²) in [6, 6.07) is 104. The zero-order valence-corrected chi connectivity index (χ0v) is 37.6. The summed E-state index contributed by atoms with van der Waals surface area (Å²) in [5.41, 5.74) is 20.9. The third kappa shape index (κ3) is 8.63. The molecule has 0 heterocycles. The van der Waals surface area contributed by atoms with Crippen molar-refractivity contribution in [1.82, 2.24) is 0 Å². The summed E-state index contributed by atoms with van der Waals surface area (Å²) >= 11 is 0. The molecule has 0 aliphatic heterocycles. The fourth-order valence-corrected chi connectivity index (χ4v) is 9.39. The van der Waals surface area contributed by atoms with Crippen LogP contribution in [0.3, 0.4) is 0 Å². The molecule has 0 aliphatic rings. The van der Waals surface area contributed by atoms with Gasteiger partial charge in [-0.2, -0.15) is 0 Å². The SMILES string of the molecule is c1ccc(-c2ccc(N(c3ccccc3)c3ccc(-c4ccccc4-c4ccccc4-c4ccccc4-c4ccc(N(c5ccccc5)c5ccc(-c6ccccc6)cc5)cc4)cc3)cc2)cc1. The molecule has 68 heavy (non-hydrogen) atoms. The molecule has 0 amide bonds. The quantitative estimate of drug-likeness (QED) is 0.121. The van der Waals surface area contributed by atoms with Crippen LogP contribution in [0.1, 0.15) is 0 Å². The average Bonchev–Trinajstić information content (AvgIpc) is 3.43. The van der Waals surface area contributed by atoms with Crippen LogP contribution in [0.5, 0.6) is 0 Å². The van der Waals surface area contributed by atoms with Crippen LogP contribution in [0, 0.1) is 0 Å². The number of hydrogen-bond donors (Lipinski definition) is 0. The highest BCUT2D eigenvalue weighted by Crippen LogP contribution is 2.44. The summed E-state index contributed by atoms with van der Waals surface area (Å²) < 4.78 is 0. The third-order valence-electron chi connectivity index (χ3n) is 12.7. The van der Waals surface area contributed by atoms with Gasteiger partial charge in [0.05, 0.1) is 0 Å². The molecule has 0 fully saturated rings. The second-order valence-corrected chi connectivity index (χ2v) is 16.9. The first kappa shape index (κ1) is 41.7. The summed E-state index contributed by atoms with van der Waals surface area (Å²) in [7, 11) is 0. The van der Waals surface area contributed by atoms with Gasteiger partial charge in [0.15, 0.2) is 0 Å². The molecule has 0 N–H and O–H groups in total. The molecule has 11 rings (SSSR count). The largest absolute Gasteiger partial charge is 0.311 e. The molecule has 0 aliphatic carbocycles. The molecule has 2 nitrogen and oxygen atoms in total. The van der Waals surface area contributed by atoms with Crippen molar-refractivity contribution in [3.05, 3.63) is 291 Å². The number of anilines is 6. The van der Waals surface area contributed by atoms with Crippen molar-refractivity contribution in [3.8, 4) is 66.8 Å². The minimum Gasteiger partial charge on any atom is -0.311 e. The van der Waals surface area contributed by atoms with Gasteiger partial charge < -0.3 is 9.80 Å². The molecule has 11 aromatic carbocycles. The van der Waals surface area contributed by atoms with Crippen LogP contribution in [0.4, 0.5) is 34.1 Å². The molecule has 322 valence electrons. The highest BCUT2D eigenvalue weighted by Gasteiger charge is 2.18. The summed E-state index contributed by atoms with van der Waals surface area (Å²) in [5, 5.41) is 0. The molecule has 0 aromatic heterocycles. The molecule has 11 aromatic rings. The Morgan fingerprint density at radius 3 is 0.618 bits per heavy atom. The first-order valence-electron chi connectivity index (χ1n) is 23.3. The summed E-state index contributed by atoms with van der Waals surface area (Å²) in [6.07, 6.45) is 0. The molecule has 0 spiro atoms. The van der Waals surface area contributed by atoms with E-state index in [0.29, 0.717) is 0 Å². The fourth-order valence-electron chi connectivity index (χ4n) is 9.39. The summed E-state index contributed by atoms with van der Waals surface area (Å²) in [6.45, 7) is 0. The van der Waals surface area contributed by atoms with Gasteiger partial charge in [-0.15, -0.1) is 0 Å². The smallest absolute Gasteiger partial charge is 0.0462 e. The maximum atomic E-state index is 2.33. The zero-order chi connectivity index (χ0) is 45.5. The zero-order valence-electron chi connectivity index (χ0n) is 37.6. The van der Waals surface area contributed by atoms with Crippen molar-refractivity contribution in [3.63, 3.8) is 0 Å². The minimum absolute atomic E-state index is 1.10. The van der Waals surface area contributed by atoms with Gasteiger partial charge in [0.25, 0.3) is 0 Å². The van der Waals surface area contributed by atoms with Crippen LogP contribution in [0.25, 0.3) is 66.8 Å². The van der Waals surface area contributed by atoms with E-state index in [1.165, 1.54) is 55.6 Å². The lowest BCUT2D eigenvalue weighted by atomic mass is 9.86.